The maximum absolute atomic E-state index is 13.0. The lowest BCUT2D eigenvalue weighted by molar-refractivity contribution is -0.137. The highest BCUT2D eigenvalue weighted by molar-refractivity contribution is 7.20. The van der Waals surface area contributed by atoms with Crippen molar-refractivity contribution in [3.05, 3.63) is 64.0 Å². The maximum Gasteiger partial charge on any atom is 0.416 e. The highest BCUT2D eigenvalue weighted by atomic mass is 32.1. The van der Waals surface area contributed by atoms with Crippen molar-refractivity contribution in [1.29, 1.82) is 0 Å². The molecule has 37 heavy (non-hydrogen) atoms. The van der Waals surface area contributed by atoms with E-state index in [1.165, 1.54) is 23.0 Å². The number of thiophene rings is 1. The van der Waals surface area contributed by atoms with Crippen LogP contribution in [-0.4, -0.2) is 49.1 Å². The highest BCUT2D eigenvalue weighted by Gasteiger charge is 2.31. The number of fused-ring (bicyclic) bond motifs is 1. The third-order valence-electron chi connectivity index (χ3n) is 7.22. The van der Waals surface area contributed by atoms with Crippen molar-refractivity contribution >= 4 is 27.3 Å². The van der Waals surface area contributed by atoms with Gasteiger partial charge in [0.15, 0.2) is 0 Å². The van der Waals surface area contributed by atoms with Gasteiger partial charge in [0.1, 0.15) is 11.9 Å². The summed E-state index contributed by atoms with van der Waals surface area (Å²) < 4.78 is 45.9. The van der Waals surface area contributed by atoms with Gasteiger partial charge in [-0.1, -0.05) is 12.1 Å². The molecule has 1 aromatic heterocycles. The topological polar surface area (TPSA) is 53.6 Å². The number of hydrogen-bond donors (Lipinski definition) is 2. The van der Waals surface area contributed by atoms with Crippen LogP contribution in [0, 0.1) is 6.92 Å². The summed E-state index contributed by atoms with van der Waals surface area (Å²) in [5.74, 6) is 0.751. The van der Waals surface area contributed by atoms with Crippen LogP contribution >= 0.6 is 11.3 Å². The minimum Gasteiger partial charge on any atom is -0.490 e. The van der Waals surface area contributed by atoms with E-state index in [2.05, 4.69) is 40.7 Å². The lowest BCUT2D eigenvalue weighted by Gasteiger charge is -2.32. The Bertz CT molecular complexity index is 1250. The van der Waals surface area contributed by atoms with Gasteiger partial charge in [0, 0.05) is 30.4 Å². The number of nitrogens with zero attached hydrogens (tertiary/aromatic N) is 1. The average molecular weight is 532 g/mol. The molecule has 2 N–H and O–H groups in total. The molecule has 0 atom stereocenters. The van der Waals surface area contributed by atoms with E-state index in [9.17, 15) is 18.0 Å². The third-order valence-corrected chi connectivity index (χ3v) is 8.33. The Morgan fingerprint density at radius 3 is 2.54 bits per heavy atom. The summed E-state index contributed by atoms with van der Waals surface area (Å²) in [6, 6.07) is 11.7. The third kappa shape index (κ3) is 6.45. The first-order valence-corrected chi connectivity index (χ1v) is 13.7. The lowest BCUT2D eigenvalue weighted by Crippen LogP contribution is -2.44. The number of ether oxygens (including phenoxy) is 1. The van der Waals surface area contributed by atoms with Gasteiger partial charge in [0.2, 0.25) is 0 Å². The van der Waals surface area contributed by atoms with Crippen molar-refractivity contribution in [1.82, 2.24) is 15.5 Å². The Labute approximate surface area is 219 Å². The highest BCUT2D eigenvalue weighted by Crippen LogP contribution is 2.34. The second kappa shape index (κ2) is 11.0. The molecule has 2 fully saturated rings. The van der Waals surface area contributed by atoms with E-state index in [0.29, 0.717) is 15.0 Å². The number of piperidine rings is 2. The SMILES string of the molecule is Cc1cc(CN2CCC(NC(=O)c3cc4cc(C(F)(F)F)ccc4s3)CC2)ccc1OC1CCNCC1. The van der Waals surface area contributed by atoms with E-state index in [0.717, 1.165) is 81.9 Å². The monoisotopic (exact) mass is 531 g/mol. The zero-order chi connectivity index (χ0) is 26.0. The molecule has 2 aromatic carbocycles. The molecule has 2 saturated heterocycles. The van der Waals surface area contributed by atoms with Crippen LogP contribution < -0.4 is 15.4 Å². The number of nitrogens with one attached hydrogen (secondary N) is 2. The van der Waals surface area contributed by atoms with Gasteiger partial charge in [-0.3, -0.25) is 9.69 Å². The van der Waals surface area contributed by atoms with Gasteiger partial charge >= 0.3 is 6.18 Å². The minimum atomic E-state index is -4.39. The number of aryl methyl sites for hydroxylation is 1. The molecule has 0 unspecified atom stereocenters. The number of halogens is 3. The number of benzene rings is 2. The standard InChI is InChI=1S/C28H32F3N3O2S/c1-18-14-19(2-4-24(18)36-23-6-10-32-11-7-23)17-34-12-8-22(9-13-34)33-27(35)26-16-20-15-21(28(29,30)31)3-5-25(20)37-26/h2-5,14-16,22-23,32H,6-13,17H2,1H3,(H,33,35). The molecule has 0 saturated carbocycles. The number of amides is 1. The molecule has 5 nitrogen and oxygen atoms in total. The summed E-state index contributed by atoms with van der Waals surface area (Å²) in [5, 5.41) is 6.89. The van der Waals surface area contributed by atoms with E-state index >= 15 is 0 Å². The fourth-order valence-electron chi connectivity index (χ4n) is 5.12. The molecule has 2 aliphatic rings. The first-order valence-electron chi connectivity index (χ1n) is 12.9. The van der Waals surface area contributed by atoms with Crippen molar-refractivity contribution in [3.63, 3.8) is 0 Å². The van der Waals surface area contributed by atoms with Crippen LogP contribution in [0.4, 0.5) is 13.2 Å². The molecule has 0 bridgehead atoms. The van der Waals surface area contributed by atoms with Gasteiger partial charge in [0.25, 0.3) is 5.91 Å². The summed E-state index contributed by atoms with van der Waals surface area (Å²) in [6.45, 7) is 6.71. The number of carbonyl (C=O) groups excluding carboxylic acids is 1. The molecule has 198 valence electrons. The zero-order valence-corrected chi connectivity index (χ0v) is 21.7. The van der Waals surface area contributed by atoms with Gasteiger partial charge in [-0.15, -0.1) is 11.3 Å². The van der Waals surface area contributed by atoms with Crippen molar-refractivity contribution in [3.8, 4) is 5.75 Å². The second-order valence-electron chi connectivity index (χ2n) is 10.1. The molecule has 3 aromatic rings. The largest absolute Gasteiger partial charge is 0.490 e. The minimum absolute atomic E-state index is 0.0576. The first-order chi connectivity index (χ1) is 17.7. The van der Waals surface area contributed by atoms with E-state index in [-0.39, 0.29) is 18.1 Å². The van der Waals surface area contributed by atoms with Crippen LogP contribution in [0.2, 0.25) is 0 Å². The smallest absolute Gasteiger partial charge is 0.416 e. The molecule has 5 rings (SSSR count). The number of alkyl halides is 3. The van der Waals surface area contributed by atoms with Gasteiger partial charge in [-0.2, -0.15) is 13.2 Å². The number of rotatable bonds is 6. The van der Waals surface area contributed by atoms with Crippen LogP contribution in [0.1, 0.15) is 52.0 Å². The Morgan fingerprint density at radius 1 is 1.08 bits per heavy atom. The van der Waals surface area contributed by atoms with Crippen LogP contribution in [0.3, 0.4) is 0 Å². The van der Waals surface area contributed by atoms with Crippen molar-refractivity contribution < 1.29 is 22.7 Å². The van der Waals surface area contributed by atoms with Crippen LogP contribution in [-0.2, 0) is 12.7 Å². The zero-order valence-electron chi connectivity index (χ0n) is 20.9. The normalized spacial score (nSPS) is 18.3. The molecule has 3 heterocycles. The van der Waals surface area contributed by atoms with Crippen LogP contribution in [0.15, 0.2) is 42.5 Å². The molecule has 0 aliphatic carbocycles. The second-order valence-corrected chi connectivity index (χ2v) is 11.1. The molecule has 0 radical (unpaired) electrons. The number of hydrogen-bond acceptors (Lipinski definition) is 5. The summed E-state index contributed by atoms with van der Waals surface area (Å²) >= 11 is 1.23. The Balaban J connectivity index is 1.12. The van der Waals surface area contributed by atoms with E-state index in [1.807, 2.05) is 0 Å². The summed E-state index contributed by atoms with van der Waals surface area (Å²) in [6.07, 6.45) is -0.364. The molecular formula is C28H32F3N3O2S. The van der Waals surface area contributed by atoms with Crippen LogP contribution in [0.5, 0.6) is 5.75 Å². The summed E-state index contributed by atoms with van der Waals surface area (Å²) in [5.41, 5.74) is 1.71. The number of likely N-dealkylation sites (tertiary alicyclic amines) is 1. The molecule has 0 spiro atoms. The first kappa shape index (κ1) is 26.0. The van der Waals surface area contributed by atoms with Gasteiger partial charge in [-0.05, 0) is 92.5 Å². The predicted molar refractivity (Wildman–Crippen MR) is 140 cm³/mol. The molecule has 2 aliphatic heterocycles. The lowest BCUT2D eigenvalue weighted by atomic mass is 10.0. The molecular weight excluding hydrogens is 499 g/mol. The molecule has 1 amide bonds. The van der Waals surface area contributed by atoms with Gasteiger partial charge in [-0.25, -0.2) is 0 Å². The quantitative estimate of drug-likeness (QED) is 0.425. The summed E-state index contributed by atoms with van der Waals surface area (Å²) in [7, 11) is 0. The van der Waals surface area contributed by atoms with Gasteiger partial charge < -0.3 is 15.4 Å². The van der Waals surface area contributed by atoms with E-state index in [1.54, 1.807) is 6.07 Å². The van der Waals surface area contributed by atoms with Gasteiger partial charge in [0.05, 0.1) is 10.4 Å². The van der Waals surface area contributed by atoms with Crippen molar-refractivity contribution in [2.24, 2.45) is 0 Å². The Kier molecular flexibility index (Phi) is 7.74. The Morgan fingerprint density at radius 2 is 1.84 bits per heavy atom. The Hall–Kier alpha value is -2.62. The fourth-order valence-corrected chi connectivity index (χ4v) is 6.06. The van der Waals surface area contributed by atoms with Crippen molar-refractivity contribution in [2.75, 3.05) is 26.2 Å². The summed E-state index contributed by atoms with van der Waals surface area (Å²) in [4.78, 5) is 15.6. The molecule has 9 heteroatoms. The number of carbonyl (C=O) groups is 1. The van der Waals surface area contributed by atoms with E-state index < -0.39 is 11.7 Å². The predicted octanol–water partition coefficient (Wildman–Crippen LogP) is 5.75. The average Bonchev–Trinajstić information content (AvgIpc) is 3.31. The van der Waals surface area contributed by atoms with Crippen LogP contribution in [0.25, 0.3) is 10.1 Å². The maximum atomic E-state index is 13.0. The van der Waals surface area contributed by atoms with E-state index in [4.69, 9.17) is 4.74 Å². The van der Waals surface area contributed by atoms with Crippen molar-refractivity contribution in [2.45, 2.75) is 57.5 Å². The fraction of sp³-hybridized carbons (Fsp3) is 0.464.